The fraction of sp³-hybridized carbons (Fsp3) is 0.474. The van der Waals surface area contributed by atoms with Crippen LogP contribution in [0.4, 0.5) is 5.82 Å². The molecule has 1 N–H and O–H groups in total. The molecule has 0 aliphatic carbocycles. The molecule has 1 amide bonds. The second-order valence-corrected chi connectivity index (χ2v) is 6.25. The van der Waals surface area contributed by atoms with E-state index < -0.39 is 0 Å². The maximum absolute atomic E-state index is 12.2. The van der Waals surface area contributed by atoms with Crippen molar-refractivity contribution < 1.29 is 19.0 Å². The quantitative estimate of drug-likeness (QED) is 0.784. The van der Waals surface area contributed by atoms with E-state index in [-0.39, 0.29) is 12.0 Å². The Morgan fingerprint density at radius 3 is 2.96 bits per heavy atom. The average molecular weight is 359 g/mol. The molecule has 0 spiro atoms. The summed E-state index contributed by atoms with van der Waals surface area (Å²) < 4.78 is 18.1. The van der Waals surface area contributed by atoms with E-state index in [1.807, 2.05) is 18.2 Å². The van der Waals surface area contributed by atoms with E-state index in [2.05, 4.69) is 10.4 Å². The molecule has 1 aliphatic rings. The monoisotopic (exact) mass is 359 g/mol. The maximum atomic E-state index is 12.2. The molecule has 2 heterocycles. The predicted octanol–water partition coefficient (Wildman–Crippen LogP) is 2.85. The number of methoxy groups -OCH3 is 2. The minimum absolute atomic E-state index is 0.0279. The molecule has 0 bridgehead atoms. The number of anilines is 1. The van der Waals surface area contributed by atoms with E-state index in [4.69, 9.17) is 14.2 Å². The summed E-state index contributed by atoms with van der Waals surface area (Å²) in [6.45, 7) is 1.27. The van der Waals surface area contributed by atoms with Gasteiger partial charge >= 0.3 is 0 Å². The molecule has 1 saturated heterocycles. The molecule has 7 nitrogen and oxygen atoms in total. The Kier molecular flexibility index (Phi) is 6.12. The maximum Gasteiger partial charge on any atom is 0.225 e. The number of nitrogens with zero attached hydrogens (tertiary/aromatic N) is 2. The Morgan fingerprint density at radius 2 is 2.23 bits per heavy atom. The first-order chi connectivity index (χ1) is 12.7. The molecule has 1 atom stereocenters. The highest BCUT2D eigenvalue weighted by Gasteiger charge is 2.18. The van der Waals surface area contributed by atoms with Crippen LogP contribution in [0.2, 0.25) is 0 Å². The van der Waals surface area contributed by atoms with E-state index in [1.54, 1.807) is 31.2 Å². The molecule has 7 heteroatoms. The second-order valence-electron chi connectivity index (χ2n) is 6.25. The summed E-state index contributed by atoms with van der Waals surface area (Å²) in [5.41, 5.74) is 0.922. The van der Waals surface area contributed by atoms with Crippen molar-refractivity contribution in [1.29, 1.82) is 0 Å². The van der Waals surface area contributed by atoms with E-state index in [0.29, 0.717) is 30.3 Å². The van der Waals surface area contributed by atoms with Crippen molar-refractivity contribution >= 4 is 11.7 Å². The minimum atomic E-state index is -0.0279. The van der Waals surface area contributed by atoms with Gasteiger partial charge in [-0.05, 0) is 25.3 Å². The normalized spacial score (nSPS) is 16.5. The topological polar surface area (TPSA) is 74.6 Å². The number of hydrogen-bond acceptors (Lipinski definition) is 5. The number of benzene rings is 1. The zero-order valence-corrected chi connectivity index (χ0v) is 15.2. The summed E-state index contributed by atoms with van der Waals surface area (Å²) in [7, 11) is 3.22. The molecule has 0 radical (unpaired) electrons. The standard InChI is InChI=1S/C19H25N3O4/c1-24-16-7-3-5-14(19(16)25-2)13-22-17(10-11-20-22)21-18(23)9-8-15-6-4-12-26-15/h3,5,7,10-11,15H,4,6,8-9,12-13H2,1-2H3,(H,21,23). The van der Waals surface area contributed by atoms with Crippen molar-refractivity contribution in [3.63, 3.8) is 0 Å². The number of aromatic nitrogens is 2. The first-order valence-corrected chi connectivity index (χ1v) is 8.84. The van der Waals surface area contributed by atoms with Gasteiger partial charge in [0, 0.05) is 24.7 Å². The second kappa shape index (κ2) is 8.71. The third-order valence-electron chi connectivity index (χ3n) is 4.51. The van der Waals surface area contributed by atoms with Gasteiger partial charge in [-0.15, -0.1) is 0 Å². The van der Waals surface area contributed by atoms with Gasteiger partial charge in [0.25, 0.3) is 0 Å². The van der Waals surface area contributed by atoms with Crippen LogP contribution < -0.4 is 14.8 Å². The van der Waals surface area contributed by atoms with Crippen LogP contribution in [0.3, 0.4) is 0 Å². The van der Waals surface area contributed by atoms with Crippen molar-refractivity contribution in [2.24, 2.45) is 0 Å². The molecule has 1 aliphatic heterocycles. The first kappa shape index (κ1) is 18.3. The largest absolute Gasteiger partial charge is 0.493 e. The molecule has 3 rings (SSSR count). The van der Waals surface area contributed by atoms with Crippen LogP contribution in [-0.2, 0) is 16.1 Å². The van der Waals surface area contributed by atoms with Gasteiger partial charge in [-0.25, -0.2) is 4.68 Å². The van der Waals surface area contributed by atoms with Gasteiger partial charge in [0.05, 0.1) is 33.1 Å². The van der Waals surface area contributed by atoms with Gasteiger partial charge in [0.2, 0.25) is 5.91 Å². The summed E-state index contributed by atoms with van der Waals surface area (Å²) in [5, 5.41) is 7.25. The fourth-order valence-corrected chi connectivity index (χ4v) is 3.17. The van der Waals surface area contributed by atoms with Gasteiger partial charge in [-0.3, -0.25) is 4.79 Å². The summed E-state index contributed by atoms with van der Waals surface area (Å²) in [6.07, 6.45) is 5.21. The summed E-state index contributed by atoms with van der Waals surface area (Å²) >= 11 is 0. The summed E-state index contributed by atoms with van der Waals surface area (Å²) in [5.74, 6) is 1.97. The molecule has 26 heavy (non-hydrogen) atoms. The lowest BCUT2D eigenvalue weighted by Gasteiger charge is -2.14. The molecule has 0 saturated carbocycles. The molecule has 1 aromatic carbocycles. The van der Waals surface area contributed by atoms with E-state index in [9.17, 15) is 4.79 Å². The number of nitrogens with one attached hydrogen (secondary N) is 1. The Hall–Kier alpha value is -2.54. The third kappa shape index (κ3) is 4.35. The van der Waals surface area contributed by atoms with Crippen LogP contribution in [0.1, 0.15) is 31.2 Å². The number of hydrogen-bond donors (Lipinski definition) is 1. The van der Waals surface area contributed by atoms with E-state index >= 15 is 0 Å². The van der Waals surface area contributed by atoms with Gasteiger partial charge in [0.15, 0.2) is 11.5 Å². The number of carbonyl (C=O) groups is 1. The van der Waals surface area contributed by atoms with Crippen LogP contribution in [0.15, 0.2) is 30.5 Å². The van der Waals surface area contributed by atoms with Crippen LogP contribution in [-0.4, -0.2) is 42.6 Å². The lowest BCUT2D eigenvalue weighted by atomic mass is 10.1. The molecular formula is C19H25N3O4. The van der Waals surface area contributed by atoms with Crippen LogP contribution in [0, 0.1) is 0 Å². The average Bonchev–Trinajstić information content (AvgIpc) is 3.32. The number of rotatable bonds is 8. The predicted molar refractivity (Wildman–Crippen MR) is 97.7 cm³/mol. The molecule has 2 aromatic rings. The number of amides is 1. The van der Waals surface area contributed by atoms with Crippen LogP contribution >= 0.6 is 0 Å². The van der Waals surface area contributed by atoms with E-state index in [1.165, 1.54) is 0 Å². The smallest absolute Gasteiger partial charge is 0.225 e. The lowest BCUT2D eigenvalue weighted by molar-refractivity contribution is -0.116. The van der Waals surface area contributed by atoms with Crippen LogP contribution in [0.5, 0.6) is 11.5 Å². The Labute approximate surface area is 153 Å². The highest BCUT2D eigenvalue weighted by Crippen LogP contribution is 2.31. The number of carbonyl (C=O) groups excluding carboxylic acids is 1. The fourth-order valence-electron chi connectivity index (χ4n) is 3.17. The third-order valence-corrected chi connectivity index (χ3v) is 4.51. The molecule has 1 fully saturated rings. The van der Waals surface area contributed by atoms with Gasteiger partial charge in [-0.2, -0.15) is 5.10 Å². The Bertz CT molecular complexity index is 738. The van der Waals surface area contributed by atoms with Crippen molar-refractivity contribution in [2.75, 3.05) is 26.1 Å². The Balaban J connectivity index is 1.64. The molecule has 1 aromatic heterocycles. The first-order valence-electron chi connectivity index (χ1n) is 8.84. The molecule has 1 unspecified atom stereocenters. The van der Waals surface area contributed by atoms with Gasteiger partial charge in [0.1, 0.15) is 5.82 Å². The van der Waals surface area contributed by atoms with Crippen molar-refractivity contribution in [3.05, 3.63) is 36.0 Å². The lowest BCUT2D eigenvalue weighted by Crippen LogP contribution is -2.18. The number of para-hydroxylation sites is 1. The highest BCUT2D eigenvalue weighted by molar-refractivity contribution is 5.89. The van der Waals surface area contributed by atoms with Crippen molar-refractivity contribution in [1.82, 2.24) is 9.78 Å². The number of ether oxygens (including phenoxy) is 3. The highest BCUT2D eigenvalue weighted by atomic mass is 16.5. The minimum Gasteiger partial charge on any atom is -0.493 e. The van der Waals surface area contributed by atoms with Gasteiger partial charge in [-0.1, -0.05) is 12.1 Å². The van der Waals surface area contributed by atoms with Gasteiger partial charge < -0.3 is 19.5 Å². The SMILES string of the molecule is COc1cccc(Cn2nccc2NC(=O)CCC2CCCO2)c1OC. The van der Waals surface area contributed by atoms with Crippen molar-refractivity contribution in [3.8, 4) is 11.5 Å². The zero-order chi connectivity index (χ0) is 18.4. The van der Waals surface area contributed by atoms with Crippen molar-refractivity contribution in [2.45, 2.75) is 38.3 Å². The summed E-state index contributed by atoms with van der Waals surface area (Å²) in [6, 6.07) is 7.49. The zero-order valence-electron chi connectivity index (χ0n) is 15.2. The van der Waals surface area contributed by atoms with E-state index in [0.717, 1.165) is 31.4 Å². The molecule has 140 valence electrons. The van der Waals surface area contributed by atoms with Crippen LogP contribution in [0.25, 0.3) is 0 Å². The summed E-state index contributed by atoms with van der Waals surface area (Å²) in [4.78, 5) is 12.2. The molecular weight excluding hydrogens is 334 g/mol. The Morgan fingerprint density at radius 1 is 1.35 bits per heavy atom.